The van der Waals surface area contributed by atoms with E-state index in [9.17, 15) is 9.90 Å². The molecule has 4 heteroatoms. The fourth-order valence-electron chi connectivity index (χ4n) is 1.67. The molecule has 0 aromatic heterocycles. The third kappa shape index (κ3) is 6.64. The highest BCUT2D eigenvalue weighted by Crippen LogP contribution is 2.14. The van der Waals surface area contributed by atoms with E-state index in [1.165, 1.54) is 11.1 Å². The van der Waals surface area contributed by atoms with Crippen molar-refractivity contribution in [1.82, 2.24) is 4.90 Å². The van der Waals surface area contributed by atoms with E-state index in [1.54, 1.807) is 30.6 Å². The number of carbonyl (C=O) groups is 1. The molecule has 1 rings (SSSR count). The van der Waals surface area contributed by atoms with Gasteiger partial charge in [-0.1, -0.05) is 29.8 Å². The SMILES string of the molecule is Cc1cccc(CSCC(=O)N(C)CCC(C)O)c1. The molecule has 1 aromatic rings. The molecule has 0 aliphatic heterocycles. The molecular weight excluding hydrogens is 258 g/mol. The molecule has 0 radical (unpaired) electrons. The van der Waals surface area contributed by atoms with Gasteiger partial charge in [-0.05, 0) is 25.8 Å². The van der Waals surface area contributed by atoms with Crippen molar-refractivity contribution >= 4 is 17.7 Å². The van der Waals surface area contributed by atoms with E-state index in [1.807, 2.05) is 6.07 Å². The summed E-state index contributed by atoms with van der Waals surface area (Å²) in [5.74, 6) is 1.47. The van der Waals surface area contributed by atoms with Gasteiger partial charge in [-0.2, -0.15) is 0 Å². The number of amides is 1. The molecule has 1 atom stereocenters. The number of carbonyl (C=O) groups excluding carboxylic acids is 1. The van der Waals surface area contributed by atoms with Crippen LogP contribution < -0.4 is 0 Å². The molecule has 1 unspecified atom stereocenters. The van der Waals surface area contributed by atoms with E-state index >= 15 is 0 Å². The number of aliphatic hydroxyl groups excluding tert-OH is 1. The quantitative estimate of drug-likeness (QED) is 0.834. The average molecular weight is 281 g/mol. The summed E-state index contributed by atoms with van der Waals surface area (Å²) in [4.78, 5) is 13.5. The first-order chi connectivity index (χ1) is 8.99. The van der Waals surface area contributed by atoms with Crippen LogP contribution in [0.3, 0.4) is 0 Å². The molecule has 0 heterocycles. The van der Waals surface area contributed by atoms with Crippen LogP contribution in [0.5, 0.6) is 0 Å². The van der Waals surface area contributed by atoms with E-state index in [0.29, 0.717) is 18.7 Å². The minimum absolute atomic E-state index is 0.123. The number of aryl methyl sites for hydroxylation is 1. The Balaban J connectivity index is 2.26. The van der Waals surface area contributed by atoms with Crippen LogP contribution in [-0.4, -0.2) is 41.4 Å². The second-order valence-electron chi connectivity index (χ2n) is 4.93. The predicted molar refractivity (Wildman–Crippen MR) is 81.3 cm³/mol. The molecule has 0 saturated carbocycles. The number of aliphatic hydroxyl groups is 1. The van der Waals surface area contributed by atoms with Gasteiger partial charge in [-0.3, -0.25) is 4.79 Å². The lowest BCUT2D eigenvalue weighted by Crippen LogP contribution is -2.30. The summed E-state index contributed by atoms with van der Waals surface area (Å²) in [5, 5.41) is 9.19. The van der Waals surface area contributed by atoms with Gasteiger partial charge in [0.1, 0.15) is 0 Å². The molecule has 0 fully saturated rings. The first kappa shape index (κ1) is 16.1. The first-order valence-corrected chi connectivity index (χ1v) is 7.70. The fraction of sp³-hybridized carbons (Fsp3) is 0.533. The van der Waals surface area contributed by atoms with Crippen LogP contribution in [-0.2, 0) is 10.5 Å². The molecule has 0 aliphatic rings. The molecule has 0 spiro atoms. The normalized spacial score (nSPS) is 12.2. The molecule has 0 aliphatic carbocycles. The summed E-state index contributed by atoms with van der Waals surface area (Å²) in [6.45, 7) is 4.43. The van der Waals surface area contributed by atoms with Crippen molar-refractivity contribution in [3.05, 3.63) is 35.4 Å². The fourth-order valence-corrected chi connectivity index (χ4v) is 2.59. The molecule has 19 heavy (non-hydrogen) atoms. The molecule has 1 amide bonds. The van der Waals surface area contributed by atoms with E-state index in [-0.39, 0.29) is 12.0 Å². The van der Waals surface area contributed by atoms with Crippen LogP contribution in [0.4, 0.5) is 0 Å². The van der Waals surface area contributed by atoms with Crippen LogP contribution in [0.2, 0.25) is 0 Å². The van der Waals surface area contributed by atoms with Crippen molar-refractivity contribution in [2.75, 3.05) is 19.3 Å². The molecular formula is C15H23NO2S. The predicted octanol–water partition coefficient (Wildman–Crippen LogP) is 2.46. The summed E-state index contributed by atoms with van der Waals surface area (Å²) in [6, 6.07) is 8.35. The van der Waals surface area contributed by atoms with E-state index in [4.69, 9.17) is 0 Å². The molecule has 3 nitrogen and oxygen atoms in total. The standard InChI is InChI=1S/C15H23NO2S/c1-12-5-4-6-14(9-12)10-19-11-15(18)16(3)8-7-13(2)17/h4-6,9,13,17H,7-8,10-11H2,1-3H3. The Morgan fingerprint density at radius 2 is 2.21 bits per heavy atom. The Labute approximate surface area is 120 Å². The molecule has 1 aromatic carbocycles. The smallest absolute Gasteiger partial charge is 0.232 e. The van der Waals surface area contributed by atoms with Gasteiger partial charge in [0.2, 0.25) is 5.91 Å². The van der Waals surface area contributed by atoms with Gasteiger partial charge in [-0.15, -0.1) is 11.8 Å². The monoisotopic (exact) mass is 281 g/mol. The zero-order valence-electron chi connectivity index (χ0n) is 11.9. The number of rotatable bonds is 7. The van der Waals surface area contributed by atoms with Gasteiger partial charge in [0, 0.05) is 19.3 Å². The minimum atomic E-state index is -0.352. The number of hydrogen-bond donors (Lipinski definition) is 1. The molecule has 106 valence electrons. The van der Waals surface area contributed by atoms with E-state index in [0.717, 1.165) is 5.75 Å². The highest BCUT2D eigenvalue weighted by molar-refractivity contribution is 7.99. The molecule has 1 N–H and O–H groups in total. The van der Waals surface area contributed by atoms with Gasteiger partial charge in [0.05, 0.1) is 11.9 Å². The summed E-state index contributed by atoms with van der Waals surface area (Å²) < 4.78 is 0. The van der Waals surface area contributed by atoms with Crippen molar-refractivity contribution < 1.29 is 9.90 Å². The Hall–Kier alpha value is -1.00. The lowest BCUT2D eigenvalue weighted by atomic mass is 10.2. The Morgan fingerprint density at radius 1 is 1.47 bits per heavy atom. The summed E-state index contributed by atoms with van der Waals surface area (Å²) in [6.07, 6.45) is 0.278. The van der Waals surface area contributed by atoms with Crippen molar-refractivity contribution in [3.8, 4) is 0 Å². The number of hydrogen-bond acceptors (Lipinski definition) is 3. The topological polar surface area (TPSA) is 40.5 Å². The van der Waals surface area contributed by atoms with Crippen molar-refractivity contribution in [3.63, 3.8) is 0 Å². The van der Waals surface area contributed by atoms with Gasteiger partial charge in [0.15, 0.2) is 0 Å². The summed E-state index contributed by atoms with van der Waals surface area (Å²) in [5.41, 5.74) is 2.50. The van der Waals surface area contributed by atoms with Crippen LogP contribution in [0.25, 0.3) is 0 Å². The lowest BCUT2D eigenvalue weighted by molar-refractivity contribution is -0.127. The van der Waals surface area contributed by atoms with Crippen LogP contribution >= 0.6 is 11.8 Å². The Kier molecular flexibility index (Phi) is 6.95. The number of nitrogens with zero attached hydrogens (tertiary/aromatic N) is 1. The third-order valence-electron chi connectivity index (χ3n) is 2.88. The Bertz CT molecular complexity index is 407. The molecule has 0 saturated heterocycles. The van der Waals surface area contributed by atoms with Crippen LogP contribution in [0, 0.1) is 6.92 Å². The third-order valence-corrected chi connectivity index (χ3v) is 3.87. The number of benzene rings is 1. The second-order valence-corrected chi connectivity index (χ2v) is 5.92. The summed E-state index contributed by atoms with van der Waals surface area (Å²) in [7, 11) is 1.79. The maximum Gasteiger partial charge on any atom is 0.232 e. The number of thioether (sulfide) groups is 1. The average Bonchev–Trinajstić information content (AvgIpc) is 2.35. The zero-order valence-corrected chi connectivity index (χ0v) is 12.7. The van der Waals surface area contributed by atoms with Crippen molar-refractivity contribution in [1.29, 1.82) is 0 Å². The van der Waals surface area contributed by atoms with Crippen LogP contribution in [0.15, 0.2) is 24.3 Å². The highest BCUT2D eigenvalue weighted by atomic mass is 32.2. The maximum absolute atomic E-state index is 11.8. The lowest BCUT2D eigenvalue weighted by Gasteiger charge is -2.17. The molecule has 0 bridgehead atoms. The maximum atomic E-state index is 11.8. The largest absolute Gasteiger partial charge is 0.393 e. The van der Waals surface area contributed by atoms with E-state index in [2.05, 4.69) is 25.1 Å². The first-order valence-electron chi connectivity index (χ1n) is 6.54. The summed E-state index contributed by atoms with van der Waals surface area (Å²) >= 11 is 1.63. The van der Waals surface area contributed by atoms with Gasteiger partial charge < -0.3 is 10.0 Å². The van der Waals surface area contributed by atoms with Crippen molar-refractivity contribution in [2.24, 2.45) is 0 Å². The second kappa shape index (κ2) is 8.23. The van der Waals surface area contributed by atoms with Gasteiger partial charge >= 0.3 is 0 Å². The van der Waals surface area contributed by atoms with Gasteiger partial charge in [-0.25, -0.2) is 0 Å². The highest BCUT2D eigenvalue weighted by Gasteiger charge is 2.09. The minimum Gasteiger partial charge on any atom is -0.393 e. The van der Waals surface area contributed by atoms with Gasteiger partial charge in [0.25, 0.3) is 0 Å². The Morgan fingerprint density at radius 3 is 2.84 bits per heavy atom. The zero-order chi connectivity index (χ0) is 14.3. The van der Waals surface area contributed by atoms with Crippen LogP contribution in [0.1, 0.15) is 24.5 Å². The van der Waals surface area contributed by atoms with E-state index < -0.39 is 0 Å². The van der Waals surface area contributed by atoms with Crippen molar-refractivity contribution in [2.45, 2.75) is 32.1 Å².